The Morgan fingerprint density at radius 3 is 1.63 bits per heavy atom. The van der Waals surface area contributed by atoms with Gasteiger partial charge in [-0.1, -0.05) is 164 Å². The molecule has 0 aliphatic heterocycles. The summed E-state index contributed by atoms with van der Waals surface area (Å²) < 4.78 is 3.72. The third-order valence-corrected chi connectivity index (χ3v) is 11.8. The first kappa shape index (κ1) is 30.7. The third-order valence-electron chi connectivity index (χ3n) is 10.7. The molecule has 0 fully saturated rings. The Morgan fingerprint density at radius 1 is 0.389 bits per heavy atom. The second kappa shape index (κ2) is 12.4. The molecule has 0 aliphatic rings. The number of rotatable bonds is 5. The summed E-state index contributed by atoms with van der Waals surface area (Å²) in [5.41, 5.74) is 12.3. The van der Waals surface area contributed by atoms with E-state index >= 15 is 0 Å². The van der Waals surface area contributed by atoms with Crippen molar-refractivity contribution in [3.8, 4) is 56.2 Å². The van der Waals surface area contributed by atoms with Gasteiger partial charge in [-0.3, -0.25) is 4.40 Å². The van der Waals surface area contributed by atoms with E-state index in [9.17, 15) is 0 Å². The monoisotopic (exact) mass is 705 g/mol. The van der Waals surface area contributed by atoms with Crippen LogP contribution in [0.15, 0.2) is 188 Å². The maximum absolute atomic E-state index is 5.23. The van der Waals surface area contributed by atoms with Crippen molar-refractivity contribution in [3.63, 3.8) is 0 Å². The molecule has 0 atom stereocenters. The SMILES string of the molecule is c1ccc2c(-c3cc(-c4ccc(-c5ccc(-c6c7ccccc7n7c6sc6ccccc67)cc5)cc4)nc(-c4cccc5ccccc45)n3)cccc2c1. The molecule has 3 nitrogen and oxygen atoms in total. The summed E-state index contributed by atoms with van der Waals surface area (Å²) in [5, 5.41) is 5.96. The first-order valence-electron chi connectivity index (χ1n) is 18.2. The molecule has 0 amide bonds. The summed E-state index contributed by atoms with van der Waals surface area (Å²) in [7, 11) is 0. The molecule has 54 heavy (non-hydrogen) atoms. The van der Waals surface area contributed by atoms with Gasteiger partial charge in [-0.2, -0.15) is 0 Å². The molecule has 0 N–H and O–H groups in total. The second-order valence-electron chi connectivity index (χ2n) is 13.8. The zero-order valence-electron chi connectivity index (χ0n) is 29.1. The number of benzene rings is 8. The Kier molecular flexibility index (Phi) is 7.04. The Hall–Kier alpha value is -6.88. The van der Waals surface area contributed by atoms with Gasteiger partial charge >= 0.3 is 0 Å². The molecule has 11 aromatic rings. The number of aromatic nitrogens is 3. The smallest absolute Gasteiger partial charge is 0.161 e. The molecule has 0 radical (unpaired) electrons. The fourth-order valence-electron chi connectivity index (χ4n) is 8.05. The van der Waals surface area contributed by atoms with Crippen LogP contribution < -0.4 is 0 Å². The van der Waals surface area contributed by atoms with Crippen LogP contribution in [0.4, 0.5) is 0 Å². The van der Waals surface area contributed by atoms with Gasteiger partial charge in [0.1, 0.15) is 4.83 Å². The van der Waals surface area contributed by atoms with Crippen LogP contribution in [0.1, 0.15) is 0 Å². The van der Waals surface area contributed by atoms with Crippen molar-refractivity contribution >= 4 is 58.8 Å². The van der Waals surface area contributed by atoms with Crippen LogP contribution in [0.5, 0.6) is 0 Å². The average molecular weight is 706 g/mol. The van der Waals surface area contributed by atoms with Gasteiger partial charge < -0.3 is 0 Å². The number of para-hydroxylation sites is 2. The highest BCUT2D eigenvalue weighted by Crippen LogP contribution is 2.42. The van der Waals surface area contributed by atoms with Crippen LogP contribution in [0, 0.1) is 0 Å². The Bertz CT molecular complexity index is 3100. The van der Waals surface area contributed by atoms with Gasteiger partial charge in [0, 0.05) is 27.6 Å². The third kappa shape index (κ3) is 4.96. The van der Waals surface area contributed by atoms with Crippen LogP contribution in [-0.4, -0.2) is 14.4 Å². The molecule has 0 aliphatic carbocycles. The van der Waals surface area contributed by atoms with E-state index in [0.717, 1.165) is 44.9 Å². The number of thiazole rings is 1. The largest absolute Gasteiger partial charge is 0.299 e. The summed E-state index contributed by atoms with van der Waals surface area (Å²) in [6.07, 6.45) is 0. The molecule has 11 rings (SSSR count). The van der Waals surface area contributed by atoms with E-state index in [4.69, 9.17) is 9.97 Å². The van der Waals surface area contributed by atoms with Crippen molar-refractivity contribution in [1.29, 1.82) is 0 Å². The zero-order chi connectivity index (χ0) is 35.6. The number of nitrogens with zero attached hydrogens (tertiary/aromatic N) is 3. The molecular weight excluding hydrogens is 675 g/mol. The fraction of sp³-hybridized carbons (Fsp3) is 0. The van der Waals surface area contributed by atoms with E-state index in [2.05, 4.69) is 192 Å². The number of hydrogen-bond acceptors (Lipinski definition) is 3. The van der Waals surface area contributed by atoms with E-state index in [1.165, 1.54) is 58.8 Å². The lowest BCUT2D eigenvalue weighted by molar-refractivity contribution is 1.19. The van der Waals surface area contributed by atoms with Crippen LogP contribution in [-0.2, 0) is 0 Å². The van der Waals surface area contributed by atoms with E-state index < -0.39 is 0 Å². The van der Waals surface area contributed by atoms with Crippen LogP contribution in [0.25, 0.3) is 104 Å². The van der Waals surface area contributed by atoms with Crippen molar-refractivity contribution in [2.45, 2.75) is 0 Å². The van der Waals surface area contributed by atoms with Gasteiger partial charge in [-0.25, -0.2) is 9.97 Å². The van der Waals surface area contributed by atoms with Gasteiger partial charge in [-0.05, 0) is 62.5 Å². The quantitative estimate of drug-likeness (QED) is 0.178. The Labute approximate surface area is 316 Å². The first-order valence-corrected chi connectivity index (χ1v) is 19.1. The van der Waals surface area contributed by atoms with Gasteiger partial charge in [-0.15, -0.1) is 11.3 Å². The molecular formula is C50H31N3S. The Morgan fingerprint density at radius 2 is 0.907 bits per heavy atom. The lowest BCUT2D eigenvalue weighted by Gasteiger charge is -2.13. The van der Waals surface area contributed by atoms with E-state index in [-0.39, 0.29) is 0 Å². The van der Waals surface area contributed by atoms with Crippen LogP contribution in [0.3, 0.4) is 0 Å². The number of fused-ring (bicyclic) bond motifs is 7. The molecule has 0 spiro atoms. The highest BCUT2D eigenvalue weighted by molar-refractivity contribution is 7.24. The second-order valence-corrected chi connectivity index (χ2v) is 14.8. The van der Waals surface area contributed by atoms with Crippen molar-refractivity contribution in [2.24, 2.45) is 0 Å². The highest BCUT2D eigenvalue weighted by Gasteiger charge is 2.18. The standard InChI is InChI=1S/C50H31N3S/c1-3-15-38-34(11-1)13-9-18-40(38)44-31-43(51-49(52-44)41-19-10-14-35-12-2-4-16-39(35)41)36-27-23-32(24-28-36)33-25-29-37(30-26-33)48-42-17-5-6-20-45(42)53-46-21-7-8-22-47(46)54-50(48)53/h1-31H. The zero-order valence-corrected chi connectivity index (χ0v) is 30.0. The normalized spacial score (nSPS) is 11.7. The van der Waals surface area contributed by atoms with Crippen molar-refractivity contribution < 1.29 is 0 Å². The minimum Gasteiger partial charge on any atom is -0.299 e. The van der Waals surface area contributed by atoms with Crippen molar-refractivity contribution in [2.75, 3.05) is 0 Å². The average Bonchev–Trinajstić information content (AvgIpc) is 3.78. The lowest BCUT2D eigenvalue weighted by Crippen LogP contribution is -1.97. The molecule has 4 heteroatoms. The van der Waals surface area contributed by atoms with Gasteiger partial charge in [0.25, 0.3) is 0 Å². The molecule has 8 aromatic carbocycles. The van der Waals surface area contributed by atoms with Crippen LogP contribution in [0.2, 0.25) is 0 Å². The molecule has 0 saturated carbocycles. The summed E-state index contributed by atoms with van der Waals surface area (Å²) in [5.74, 6) is 0.720. The molecule has 252 valence electrons. The molecule has 3 aromatic heterocycles. The minimum absolute atomic E-state index is 0.720. The van der Waals surface area contributed by atoms with Crippen molar-refractivity contribution in [1.82, 2.24) is 14.4 Å². The van der Waals surface area contributed by atoms with Gasteiger partial charge in [0.05, 0.1) is 27.1 Å². The predicted molar refractivity (Wildman–Crippen MR) is 228 cm³/mol. The van der Waals surface area contributed by atoms with Crippen LogP contribution >= 0.6 is 11.3 Å². The fourth-order valence-corrected chi connectivity index (χ4v) is 9.29. The summed E-state index contributed by atoms with van der Waals surface area (Å²) in [6, 6.07) is 67.2. The van der Waals surface area contributed by atoms with E-state index in [0.29, 0.717) is 0 Å². The summed E-state index contributed by atoms with van der Waals surface area (Å²) in [4.78, 5) is 11.7. The maximum Gasteiger partial charge on any atom is 0.161 e. The van der Waals surface area contributed by atoms with Gasteiger partial charge in [0.15, 0.2) is 5.82 Å². The van der Waals surface area contributed by atoms with Gasteiger partial charge in [0.2, 0.25) is 0 Å². The Balaban J connectivity index is 0.995. The summed E-state index contributed by atoms with van der Waals surface area (Å²) in [6.45, 7) is 0. The maximum atomic E-state index is 5.23. The lowest BCUT2D eigenvalue weighted by atomic mass is 9.97. The van der Waals surface area contributed by atoms with E-state index in [1.807, 2.05) is 11.3 Å². The first-order chi connectivity index (χ1) is 26.8. The molecule has 0 bridgehead atoms. The molecule has 0 unspecified atom stereocenters. The van der Waals surface area contributed by atoms with Crippen molar-refractivity contribution in [3.05, 3.63) is 188 Å². The minimum atomic E-state index is 0.720. The highest BCUT2D eigenvalue weighted by atomic mass is 32.1. The number of hydrogen-bond donors (Lipinski definition) is 0. The topological polar surface area (TPSA) is 30.2 Å². The molecule has 3 heterocycles. The van der Waals surface area contributed by atoms with E-state index in [1.54, 1.807) is 0 Å². The predicted octanol–water partition coefficient (Wildman–Crippen LogP) is 13.7. The summed E-state index contributed by atoms with van der Waals surface area (Å²) >= 11 is 1.86. The molecule has 0 saturated heterocycles.